The molecule has 2 aromatic carbocycles. The molecule has 2 aliphatic rings. The summed E-state index contributed by atoms with van der Waals surface area (Å²) in [6.45, 7) is 5.11. The lowest BCUT2D eigenvalue weighted by Crippen LogP contribution is -2.58. The smallest absolute Gasteiger partial charge is 0.408 e. The Morgan fingerprint density at radius 1 is 0.725 bits per heavy atom. The van der Waals surface area contributed by atoms with Crippen molar-refractivity contribution in [3.05, 3.63) is 71.8 Å². The maximum Gasteiger partial charge on any atom is 0.408 e. The molecule has 5 amide bonds. The first-order valence-corrected chi connectivity index (χ1v) is 18.3. The van der Waals surface area contributed by atoms with E-state index < -0.39 is 47.7 Å². The number of carbonyl (C=O) groups is 6. The second-order valence-corrected chi connectivity index (χ2v) is 14.0. The fourth-order valence-corrected chi connectivity index (χ4v) is 6.54. The van der Waals surface area contributed by atoms with Gasteiger partial charge in [-0.25, -0.2) is 4.79 Å². The first kappa shape index (κ1) is 39.1. The van der Waals surface area contributed by atoms with Gasteiger partial charge in [0.15, 0.2) is 0 Å². The summed E-state index contributed by atoms with van der Waals surface area (Å²) >= 11 is 0. The molecule has 4 rings (SSSR count). The predicted molar refractivity (Wildman–Crippen MR) is 192 cm³/mol. The van der Waals surface area contributed by atoms with Crippen molar-refractivity contribution >= 4 is 35.5 Å². The van der Waals surface area contributed by atoms with Crippen LogP contribution in [0.4, 0.5) is 4.79 Å². The molecule has 1 saturated heterocycles. The molecule has 1 saturated carbocycles. The van der Waals surface area contributed by atoms with Gasteiger partial charge in [0.25, 0.3) is 5.91 Å². The Bertz CT molecular complexity index is 1460. The first-order valence-electron chi connectivity index (χ1n) is 18.3. The van der Waals surface area contributed by atoms with Gasteiger partial charge in [-0.2, -0.15) is 0 Å². The van der Waals surface area contributed by atoms with Crippen LogP contribution >= 0.6 is 0 Å². The first-order chi connectivity index (χ1) is 24.6. The van der Waals surface area contributed by atoms with Gasteiger partial charge in [0.1, 0.15) is 18.7 Å². The predicted octanol–water partition coefficient (Wildman–Crippen LogP) is 3.96. The highest BCUT2D eigenvalue weighted by atomic mass is 16.5. The van der Waals surface area contributed by atoms with Crippen LogP contribution in [0.2, 0.25) is 0 Å². The zero-order valence-corrected chi connectivity index (χ0v) is 29.9. The normalized spacial score (nSPS) is 16.4. The zero-order chi connectivity index (χ0) is 36.6. The largest absolute Gasteiger partial charge is 0.445 e. The molecule has 276 valence electrons. The molecule has 2 fully saturated rings. The van der Waals surface area contributed by atoms with E-state index in [4.69, 9.17) is 4.74 Å². The molecule has 0 spiro atoms. The third-order valence-corrected chi connectivity index (χ3v) is 9.35. The Morgan fingerprint density at radius 2 is 1.31 bits per heavy atom. The molecule has 1 aliphatic heterocycles. The Balaban J connectivity index is 1.49. The number of hydrogen-bond acceptors (Lipinski definition) is 7. The minimum Gasteiger partial charge on any atom is -0.445 e. The average molecular weight is 704 g/mol. The van der Waals surface area contributed by atoms with Crippen molar-refractivity contribution in [1.82, 2.24) is 26.2 Å². The molecule has 0 unspecified atom stereocenters. The molecule has 2 aromatic rings. The quantitative estimate of drug-likeness (QED) is 0.181. The van der Waals surface area contributed by atoms with E-state index in [1.807, 2.05) is 74.5 Å². The average Bonchev–Trinajstić information content (AvgIpc) is 3.68. The second-order valence-electron chi connectivity index (χ2n) is 14.0. The third kappa shape index (κ3) is 13.1. The molecular weight excluding hydrogens is 650 g/mol. The summed E-state index contributed by atoms with van der Waals surface area (Å²) in [6.07, 6.45) is 5.86. The van der Waals surface area contributed by atoms with Crippen molar-refractivity contribution in [3.63, 3.8) is 0 Å². The van der Waals surface area contributed by atoms with Crippen LogP contribution < -0.4 is 21.3 Å². The highest BCUT2D eigenvalue weighted by molar-refractivity contribution is 6.38. The Labute approximate surface area is 300 Å². The van der Waals surface area contributed by atoms with Crippen LogP contribution in [0.3, 0.4) is 0 Å². The fraction of sp³-hybridized carbons (Fsp3) is 0.538. The van der Waals surface area contributed by atoms with Gasteiger partial charge in [-0.3, -0.25) is 24.0 Å². The lowest BCUT2D eigenvalue weighted by Gasteiger charge is -2.27. The summed E-state index contributed by atoms with van der Waals surface area (Å²) in [5.74, 6) is -3.02. The number of rotatable bonds is 17. The number of benzene rings is 2. The number of hydrogen-bond donors (Lipinski definition) is 4. The molecule has 0 bridgehead atoms. The summed E-state index contributed by atoms with van der Waals surface area (Å²) in [5.41, 5.74) is 1.53. The monoisotopic (exact) mass is 703 g/mol. The Kier molecular flexibility index (Phi) is 15.5. The van der Waals surface area contributed by atoms with Crippen LogP contribution in [0.5, 0.6) is 0 Å². The molecule has 1 heterocycles. The number of likely N-dealkylation sites (tertiary alicyclic amines) is 1. The van der Waals surface area contributed by atoms with Gasteiger partial charge < -0.3 is 30.9 Å². The molecule has 1 aliphatic carbocycles. The minimum atomic E-state index is -1.28. The van der Waals surface area contributed by atoms with Crippen LogP contribution in [-0.4, -0.2) is 77.7 Å². The molecule has 4 N–H and O–H groups in total. The van der Waals surface area contributed by atoms with E-state index in [9.17, 15) is 28.8 Å². The van der Waals surface area contributed by atoms with Gasteiger partial charge in [-0.05, 0) is 55.6 Å². The molecule has 51 heavy (non-hydrogen) atoms. The van der Waals surface area contributed by atoms with Gasteiger partial charge >= 0.3 is 6.09 Å². The lowest BCUT2D eigenvalue weighted by atomic mass is 9.95. The number of carbonyl (C=O) groups excluding carboxylic acids is 6. The van der Waals surface area contributed by atoms with E-state index in [0.717, 1.165) is 56.1 Å². The lowest BCUT2D eigenvalue weighted by molar-refractivity contribution is -0.141. The van der Waals surface area contributed by atoms with Crippen LogP contribution in [0.15, 0.2) is 60.7 Å². The number of alkyl carbamates (subject to hydrolysis) is 1. The van der Waals surface area contributed by atoms with E-state index in [-0.39, 0.29) is 50.2 Å². The van der Waals surface area contributed by atoms with Crippen LogP contribution in [0.25, 0.3) is 0 Å². The standard InChI is InChI=1S/C39H53N5O7/c1-27(2)24-32(43-39(50)51-26-29-16-8-4-9-17-29)36(47)42-33(25-28-14-6-3-7-15-28)37(48)41-31(20-21-34(45)44-22-12-13-23-44)35(46)38(49)40-30-18-10-5-11-19-30/h3-4,6-9,14-17,27,30-33H,5,10-13,18-26H2,1-2H3,(H,40,49)(H,41,48)(H,42,47)(H,43,50)/t31-,32-,33-/m0/s1. The number of ketones is 1. The molecule has 0 aromatic heterocycles. The molecule has 12 heteroatoms. The maximum atomic E-state index is 14.0. The van der Waals surface area contributed by atoms with E-state index in [1.54, 1.807) is 4.90 Å². The number of Topliss-reactive ketones (excluding diaryl/α,β-unsaturated/α-hetero) is 1. The molecular formula is C39H53N5O7. The highest BCUT2D eigenvalue weighted by Crippen LogP contribution is 2.18. The number of ether oxygens (including phenoxy) is 1. The SMILES string of the molecule is CC(C)C[C@H](NC(=O)OCc1ccccc1)C(=O)N[C@@H](Cc1ccccc1)C(=O)N[C@@H](CCC(=O)N1CCCC1)C(=O)C(=O)NC1CCCCC1. The van der Waals surface area contributed by atoms with Crippen molar-refractivity contribution in [1.29, 1.82) is 0 Å². The van der Waals surface area contributed by atoms with Gasteiger partial charge in [0.05, 0.1) is 6.04 Å². The Morgan fingerprint density at radius 3 is 1.94 bits per heavy atom. The summed E-state index contributed by atoms with van der Waals surface area (Å²) in [5, 5.41) is 11.0. The van der Waals surface area contributed by atoms with Gasteiger partial charge in [-0.1, -0.05) is 93.8 Å². The van der Waals surface area contributed by atoms with E-state index in [0.29, 0.717) is 13.1 Å². The number of amides is 5. The van der Waals surface area contributed by atoms with Crippen LogP contribution in [0, 0.1) is 5.92 Å². The summed E-state index contributed by atoms with van der Waals surface area (Å²) < 4.78 is 5.36. The van der Waals surface area contributed by atoms with E-state index >= 15 is 0 Å². The van der Waals surface area contributed by atoms with Crippen molar-refractivity contribution < 1.29 is 33.5 Å². The summed E-state index contributed by atoms with van der Waals surface area (Å²) in [7, 11) is 0. The fourth-order valence-electron chi connectivity index (χ4n) is 6.54. The summed E-state index contributed by atoms with van der Waals surface area (Å²) in [6, 6.07) is 14.6. The highest BCUT2D eigenvalue weighted by Gasteiger charge is 2.34. The minimum absolute atomic E-state index is 0.00870. The molecule has 12 nitrogen and oxygen atoms in total. The van der Waals surface area contributed by atoms with Gasteiger partial charge in [-0.15, -0.1) is 0 Å². The number of nitrogens with one attached hydrogen (secondary N) is 4. The number of nitrogens with zero attached hydrogens (tertiary/aromatic N) is 1. The van der Waals surface area contributed by atoms with E-state index in [2.05, 4.69) is 21.3 Å². The van der Waals surface area contributed by atoms with Crippen molar-refractivity contribution in [2.45, 2.75) is 115 Å². The van der Waals surface area contributed by atoms with Crippen molar-refractivity contribution in [2.24, 2.45) is 5.92 Å². The Hall–Kier alpha value is -4.74. The third-order valence-electron chi connectivity index (χ3n) is 9.35. The topological polar surface area (TPSA) is 163 Å². The maximum absolute atomic E-state index is 14.0. The van der Waals surface area contributed by atoms with Crippen LogP contribution in [0.1, 0.15) is 89.2 Å². The molecule has 3 atom stereocenters. The summed E-state index contributed by atoms with van der Waals surface area (Å²) in [4.78, 5) is 82.0. The van der Waals surface area contributed by atoms with Gasteiger partial charge in [0.2, 0.25) is 23.5 Å². The zero-order valence-electron chi connectivity index (χ0n) is 29.9. The molecule has 0 radical (unpaired) electrons. The van der Waals surface area contributed by atoms with Crippen LogP contribution in [-0.2, 0) is 41.7 Å². The second kappa shape index (κ2) is 20.2. The van der Waals surface area contributed by atoms with Crippen molar-refractivity contribution in [3.8, 4) is 0 Å². The van der Waals surface area contributed by atoms with E-state index in [1.165, 1.54) is 0 Å². The van der Waals surface area contributed by atoms with Crippen molar-refractivity contribution in [2.75, 3.05) is 13.1 Å². The van der Waals surface area contributed by atoms with Gasteiger partial charge in [0, 0.05) is 32.0 Å².